The molecule has 0 bridgehead atoms. The molecule has 3 aromatic rings. The fourth-order valence-electron chi connectivity index (χ4n) is 4.01. The van der Waals surface area contributed by atoms with Crippen molar-refractivity contribution >= 4 is 23.3 Å². The molecule has 2 aromatic carbocycles. The number of ether oxygens (including phenoxy) is 2. The molecule has 2 heterocycles. The molecule has 0 saturated carbocycles. The molecule has 1 aliphatic rings. The van der Waals surface area contributed by atoms with Gasteiger partial charge in [-0.15, -0.1) is 0 Å². The van der Waals surface area contributed by atoms with Gasteiger partial charge in [-0.1, -0.05) is 23.7 Å². The van der Waals surface area contributed by atoms with Crippen molar-refractivity contribution in [2.24, 2.45) is 0 Å². The minimum atomic E-state index is -0.116. The van der Waals surface area contributed by atoms with Gasteiger partial charge < -0.3 is 19.7 Å². The first kappa shape index (κ1) is 23.0. The van der Waals surface area contributed by atoms with E-state index in [0.29, 0.717) is 41.8 Å². The maximum atomic E-state index is 12.9. The molecule has 0 radical (unpaired) electrons. The van der Waals surface area contributed by atoms with Crippen LogP contribution in [0.25, 0.3) is 11.3 Å². The highest BCUT2D eigenvalue weighted by Gasteiger charge is 2.24. The van der Waals surface area contributed by atoms with Crippen LogP contribution in [-0.2, 0) is 0 Å². The van der Waals surface area contributed by atoms with E-state index in [4.69, 9.17) is 21.1 Å². The first-order chi connectivity index (χ1) is 16.1. The third-order valence-corrected chi connectivity index (χ3v) is 5.86. The minimum absolute atomic E-state index is 0.0315. The van der Waals surface area contributed by atoms with Gasteiger partial charge in [0.2, 0.25) is 0 Å². The lowest BCUT2D eigenvalue weighted by Crippen LogP contribution is -2.48. The molecule has 1 fully saturated rings. The van der Waals surface area contributed by atoms with Gasteiger partial charge >= 0.3 is 0 Å². The summed E-state index contributed by atoms with van der Waals surface area (Å²) in [5.74, 6) is 1.99. The number of nitrogens with zero attached hydrogens (tertiary/aromatic N) is 2. The maximum Gasteiger partial charge on any atom is 0.251 e. The fraction of sp³-hybridized carbons (Fsp3) is 0.360. The molecule has 174 valence electrons. The summed E-state index contributed by atoms with van der Waals surface area (Å²) in [6.45, 7) is 6.47. The number of carbonyl (C=O) groups is 1. The van der Waals surface area contributed by atoms with E-state index in [2.05, 4.69) is 20.4 Å². The number of nitrogens with one attached hydrogen (secondary N) is 2. The van der Waals surface area contributed by atoms with Gasteiger partial charge in [0, 0.05) is 35.8 Å². The number of H-pyrrole nitrogens is 1. The van der Waals surface area contributed by atoms with Crippen LogP contribution in [0, 0.1) is 0 Å². The van der Waals surface area contributed by atoms with Crippen LogP contribution < -0.4 is 19.7 Å². The molecule has 0 spiro atoms. The van der Waals surface area contributed by atoms with Crippen molar-refractivity contribution in [2.45, 2.75) is 32.7 Å². The Morgan fingerprint density at radius 2 is 1.88 bits per heavy atom. The molecule has 1 saturated heterocycles. The van der Waals surface area contributed by atoms with Crippen molar-refractivity contribution in [3.63, 3.8) is 0 Å². The largest absolute Gasteiger partial charge is 0.490 e. The van der Waals surface area contributed by atoms with Crippen molar-refractivity contribution in [3.8, 4) is 22.8 Å². The number of hydrogen-bond acceptors (Lipinski definition) is 5. The minimum Gasteiger partial charge on any atom is -0.490 e. The highest BCUT2D eigenvalue weighted by atomic mass is 35.5. The summed E-state index contributed by atoms with van der Waals surface area (Å²) < 4.78 is 11.3. The SMILES string of the molecule is CCOc1ccc(C(=O)N[C@H]2CCCN(c3cc(-c4ccc(Cl)cc4)[nH]n3)C2)cc1OCC. The molecular formula is C25H29ClN4O3. The lowest BCUT2D eigenvalue weighted by molar-refractivity contribution is 0.0932. The number of halogens is 1. The van der Waals surface area contributed by atoms with Gasteiger partial charge in [-0.05, 0) is 62.6 Å². The summed E-state index contributed by atoms with van der Waals surface area (Å²) in [7, 11) is 0. The second-order valence-electron chi connectivity index (χ2n) is 7.93. The number of benzene rings is 2. The third kappa shape index (κ3) is 5.60. The summed E-state index contributed by atoms with van der Waals surface area (Å²) >= 11 is 5.99. The second kappa shape index (κ2) is 10.6. The lowest BCUT2D eigenvalue weighted by Gasteiger charge is -2.33. The zero-order valence-corrected chi connectivity index (χ0v) is 19.7. The smallest absolute Gasteiger partial charge is 0.251 e. The normalized spacial score (nSPS) is 15.8. The van der Waals surface area contributed by atoms with Gasteiger partial charge in [-0.3, -0.25) is 9.89 Å². The van der Waals surface area contributed by atoms with Gasteiger partial charge in [0.25, 0.3) is 5.91 Å². The van der Waals surface area contributed by atoms with Crippen LogP contribution in [0.1, 0.15) is 37.0 Å². The third-order valence-electron chi connectivity index (χ3n) is 5.61. The van der Waals surface area contributed by atoms with Gasteiger partial charge in [0.05, 0.1) is 18.9 Å². The van der Waals surface area contributed by atoms with Crippen LogP contribution in [0.4, 0.5) is 5.82 Å². The van der Waals surface area contributed by atoms with E-state index in [9.17, 15) is 4.79 Å². The second-order valence-corrected chi connectivity index (χ2v) is 8.37. The molecule has 4 rings (SSSR count). The molecular weight excluding hydrogens is 440 g/mol. The fourth-order valence-corrected chi connectivity index (χ4v) is 4.14. The molecule has 0 aliphatic carbocycles. The van der Waals surface area contributed by atoms with Crippen LogP contribution in [0.2, 0.25) is 5.02 Å². The van der Waals surface area contributed by atoms with Crippen molar-refractivity contribution in [3.05, 3.63) is 59.1 Å². The van der Waals surface area contributed by atoms with Gasteiger partial charge in [-0.2, -0.15) is 5.10 Å². The van der Waals surface area contributed by atoms with Crippen molar-refractivity contribution in [2.75, 3.05) is 31.2 Å². The Morgan fingerprint density at radius 1 is 1.12 bits per heavy atom. The number of aromatic nitrogens is 2. The number of hydrogen-bond donors (Lipinski definition) is 2. The highest BCUT2D eigenvalue weighted by Crippen LogP contribution is 2.29. The van der Waals surface area contributed by atoms with Gasteiger partial charge in [0.15, 0.2) is 17.3 Å². The predicted molar refractivity (Wildman–Crippen MR) is 131 cm³/mol. The Morgan fingerprint density at radius 3 is 2.64 bits per heavy atom. The number of amides is 1. The summed E-state index contributed by atoms with van der Waals surface area (Å²) in [4.78, 5) is 15.1. The van der Waals surface area contributed by atoms with E-state index in [1.165, 1.54) is 0 Å². The molecule has 1 aromatic heterocycles. The number of anilines is 1. The predicted octanol–water partition coefficient (Wildman–Crippen LogP) is 4.93. The Kier molecular flexibility index (Phi) is 7.40. The van der Waals surface area contributed by atoms with Gasteiger partial charge in [0.1, 0.15) is 0 Å². The van der Waals surface area contributed by atoms with E-state index < -0.39 is 0 Å². The lowest BCUT2D eigenvalue weighted by atomic mass is 10.0. The molecule has 8 heteroatoms. The van der Waals surface area contributed by atoms with E-state index in [1.54, 1.807) is 18.2 Å². The van der Waals surface area contributed by atoms with E-state index >= 15 is 0 Å². The first-order valence-electron chi connectivity index (χ1n) is 11.3. The summed E-state index contributed by atoms with van der Waals surface area (Å²) in [5.41, 5.74) is 2.52. The number of piperidine rings is 1. The molecule has 1 aliphatic heterocycles. The van der Waals surface area contributed by atoms with Crippen molar-refractivity contribution in [1.82, 2.24) is 15.5 Å². The summed E-state index contributed by atoms with van der Waals surface area (Å²) in [6.07, 6.45) is 1.90. The number of carbonyl (C=O) groups excluding carboxylic acids is 1. The quantitative estimate of drug-likeness (QED) is 0.490. The average Bonchev–Trinajstić information content (AvgIpc) is 3.31. The zero-order valence-electron chi connectivity index (χ0n) is 18.9. The molecule has 7 nitrogen and oxygen atoms in total. The molecule has 33 heavy (non-hydrogen) atoms. The Bertz CT molecular complexity index is 1080. The highest BCUT2D eigenvalue weighted by molar-refractivity contribution is 6.30. The van der Waals surface area contributed by atoms with Crippen molar-refractivity contribution in [1.29, 1.82) is 0 Å². The summed E-state index contributed by atoms with van der Waals surface area (Å²) in [6, 6.07) is 15.0. The van der Waals surface area contributed by atoms with Crippen LogP contribution >= 0.6 is 11.6 Å². The topological polar surface area (TPSA) is 79.5 Å². The average molecular weight is 469 g/mol. The van der Waals surface area contributed by atoms with Crippen LogP contribution in [-0.4, -0.2) is 48.4 Å². The summed E-state index contributed by atoms with van der Waals surface area (Å²) in [5, 5.41) is 11.5. The van der Waals surface area contributed by atoms with E-state index in [0.717, 1.165) is 36.5 Å². The maximum absolute atomic E-state index is 12.9. The molecule has 2 N–H and O–H groups in total. The Balaban J connectivity index is 1.41. The zero-order chi connectivity index (χ0) is 23.2. The van der Waals surface area contributed by atoms with E-state index in [1.807, 2.05) is 44.2 Å². The van der Waals surface area contributed by atoms with Crippen LogP contribution in [0.5, 0.6) is 11.5 Å². The van der Waals surface area contributed by atoms with Crippen molar-refractivity contribution < 1.29 is 14.3 Å². The Hall–Kier alpha value is -3.19. The molecule has 1 atom stereocenters. The standard InChI is InChI=1S/C25H29ClN4O3/c1-3-32-22-12-9-18(14-23(22)33-4-2)25(31)27-20-6-5-13-30(16-20)24-15-21(28-29-24)17-7-10-19(26)11-8-17/h7-12,14-15,20H,3-6,13,16H2,1-2H3,(H,27,31)(H,28,29)/t20-/m0/s1. The number of rotatable bonds is 8. The van der Waals surface area contributed by atoms with Crippen LogP contribution in [0.3, 0.4) is 0 Å². The number of aromatic amines is 1. The first-order valence-corrected chi connectivity index (χ1v) is 11.7. The van der Waals surface area contributed by atoms with Gasteiger partial charge in [-0.25, -0.2) is 0 Å². The monoisotopic (exact) mass is 468 g/mol. The Labute approximate surface area is 199 Å². The van der Waals surface area contributed by atoms with E-state index in [-0.39, 0.29) is 11.9 Å². The van der Waals surface area contributed by atoms with Crippen LogP contribution in [0.15, 0.2) is 48.5 Å². The molecule has 1 amide bonds. The molecule has 0 unspecified atom stereocenters.